The Morgan fingerprint density at radius 3 is 2.69 bits per heavy atom. The molecule has 0 bridgehead atoms. The first kappa shape index (κ1) is 12.7. The normalized spacial score (nSPS) is 11.0. The van der Waals surface area contributed by atoms with Crippen molar-refractivity contribution in [3.63, 3.8) is 0 Å². The molecule has 0 fully saturated rings. The molecular formula is C12H20N2O2. The van der Waals surface area contributed by atoms with Crippen LogP contribution in [0.25, 0.3) is 0 Å². The zero-order chi connectivity index (χ0) is 12.1. The second-order valence-corrected chi connectivity index (χ2v) is 4.31. The van der Waals surface area contributed by atoms with Gasteiger partial charge in [0, 0.05) is 18.2 Å². The summed E-state index contributed by atoms with van der Waals surface area (Å²) in [4.78, 5) is 10.5. The number of aromatic nitrogens is 2. The Morgan fingerprint density at radius 1 is 1.50 bits per heavy atom. The Kier molecular flexibility index (Phi) is 4.52. The smallest absolute Gasteiger partial charge is 0.303 e. The third-order valence-electron chi connectivity index (χ3n) is 2.45. The van der Waals surface area contributed by atoms with E-state index in [-0.39, 0.29) is 6.42 Å². The average molecular weight is 224 g/mol. The van der Waals surface area contributed by atoms with Gasteiger partial charge in [-0.3, -0.25) is 9.48 Å². The van der Waals surface area contributed by atoms with Gasteiger partial charge in [0.15, 0.2) is 0 Å². The first-order valence-electron chi connectivity index (χ1n) is 5.83. The number of hydrogen-bond acceptors (Lipinski definition) is 2. The maximum absolute atomic E-state index is 10.5. The van der Waals surface area contributed by atoms with Gasteiger partial charge in [-0.15, -0.1) is 0 Å². The Morgan fingerprint density at radius 2 is 2.19 bits per heavy atom. The summed E-state index contributed by atoms with van der Waals surface area (Å²) >= 11 is 0. The number of carbonyl (C=O) groups is 1. The molecule has 0 spiro atoms. The van der Waals surface area contributed by atoms with Gasteiger partial charge in [0.05, 0.1) is 12.1 Å². The summed E-state index contributed by atoms with van der Waals surface area (Å²) in [6, 6.07) is 2.37. The Bertz CT molecular complexity index is 356. The number of nitrogens with zero attached hydrogens (tertiary/aromatic N) is 2. The standard InChI is InChI=1S/C12H20N2O2/c1-4-5-11-8-10(6-7-12(15)16)13-14(11)9(2)3/h8-9H,4-7H2,1-3H3,(H,15,16). The lowest BCUT2D eigenvalue weighted by Gasteiger charge is -2.09. The first-order chi connectivity index (χ1) is 7.54. The largest absolute Gasteiger partial charge is 0.481 e. The molecule has 0 saturated carbocycles. The van der Waals surface area contributed by atoms with E-state index in [4.69, 9.17) is 5.11 Å². The Hall–Kier alpha value is -1.32. The zero-order valence-electron chi connectivity index (χ0n) is 10.2. The summed E-state index contributed by atoms with van der Waals surface area (Å²) in [7, 11) is 0. The van der Waals surface area contributed by atoms with Gasteiger partial charge < -0.3 is 5.11 Å². The molecule has 4 nitrogen and oxygen atoms in total. The quantitative estimate of drug-likeness (QED) is 0.807. The topological polar surface area (TPSA) is 55.1 Å². The fourth-order valence-corrected chi connectivity index (χ4v) is 1.74. The Balaban J connectivity index is 2.79. The molecule has 0 atom stereocenters. The van der Waals surface area contributed by atoms with E-state index in [1.807, 2.05) is 10.7 Å². The molecule has 0 unspecified atom stereocenters. The first-order valence-corrected chi connectivity index (χ1v) is 5.83. The van der Waals surface area contributed by atoms with Crippen molar-refractivity contribution < 1.29 is 9.90 Å². The molecule has 1 rings (SSSR count). The van der Waals surface area contributed by atoms with Gasteiger partial charge in [0.1, 0.15) is 0 Å². The highest BCUT2D eigenvalue weighted by Crippen LogP contribution is 2.14. The molecule has 1 aromatic heterocycles. The highest BCUT2D eigenvalue weighted by atomic mass is 16.4. The van der Waals surface area contributed by atoms with E-state index < -0.39 is 5.97 Å². The minimum absolute atomic E-state index is 0.153. The maximum Gasteiger partial charge on any atom is 0.303 e. The van der Waals surface area contributed by atoms with Gasteiger partial charge in [0.2, 0.25) is 0 Å². The number of carboxylic acids is 1. The number of hydrogen-bond donors (Lipinski definition) is 1. The van der Waals surface area contributed by atoms with Crippen molar-refractivity contribution in [2.24, 2.45) is 0 Å². The lowest BCUT2D eigenvalue weighted by Crippen LogP contribution is -2.07. The molecule has 0 saturated heterocycles. The highest BCUT2D eigenvalue weighted by molar-refractivity contribution is 5.66. The molecule has 0 aliphatic carbocycles. The zero-order valence-corrected chi connectivity index (χ0v) is 10.2. The SMILES string of the molecule is CCCc1cc(CCC(=O)O)nn1C(C)C. The van der Waals surface area contributed by atoms with Crippen molar-refractivity contribution in [3.8, 4) is 0 Å². The predicted molar refractivity (Wildman–Crippen MR) is 62.6 cm³/mol. The minimum atomic E-state index is -0.767. The number of rotatable bonds is 6. The van der Waals surface area contributed by atoms with Crippen LogP contribution < -0.4 is 0 Å². The third-order valence-corrected chi connectivity index (χ3v) is 2.45. The molecule has 0 amide bonds. The fraction of sp³-hybridized carbons (Fsp3) is 0.667. The van der Waals surface area contributed by atoms with E-state index >= 15 is 0 Å². The van der Waals surface area contributed by atoms with Crippen LogP contribution in [0, 0.1) is 0 Å². The number of aryl methyl sites for hydroxylation is 2. The van der Waals surface area contributed by atoms with E-state index in [2.05, 4.69) is 25.9 Å². The summed E-state index contributed by atoms with van der Waals surface area (Å²) in [6.45, 7) is 6.31. The van der Waals surface area contributed by atoms with Crippen LogP contribution in [0.2, 0.25) is 0 Å². The van der Waals surface area contributed by atoms with E-state index in [1.54, 1.807) is 0 Å². The molecule has 0 aromatic carbocycles. The van der Waals surface area contributed by atoms with Crippen LogP contribution in [-0.2, 0) is 17.6 Å². The molecule has 90 valence electrons. The summed E-state index contributed by atoms with van der Waals surface area (Å²) < 4.78 is 2.00. The lowest BCUT2D eigenvalue weighted by molar-refractivity contribution is -0.136. The predicted octanol–water partition coefficient (Wildman–Crippen LogP) is 2.43. The number of aliphatic carboxylic acids is 1. The molecule has 0 aliphatic rings. The van der Waals surface area contributed by atoms with Crippen LogP contribution in [0.15, 0.2) is 6.07 Å². The van der Waals surface area contributed by atoms with Crippen molar-refractivity contribution in [1.29, 1.82) is 0 Å². The van der Waals surface area contributed by atoms with Crippen LogP contribution in [0.1, 0.15) is 51.0 Å². The average Bonchev–Trinajstić information content (AvgIpc) is 2.59. The molecule has 0 radical (unpaired) electrons. The summed E-state index contributed by atoms with van der Waals surface area (Å²) in [5.74, 6) is -0.767. The van der Waals surface area contributed by atoms with Gasteiger partial charge in [-0.2, -0.15) is 5.10 Å². The van der Waals surface area contributed by atoms with E-state index in [0.29, 0.717) is 12.5 Å². The molecule has 16 heavy (non-hydrogen) atoms. The Labute approximate surface area is 96.3 Å². The summed E-state index contributed by atoms with van der Waals surface area (Å²) in [5, 5.41) is 13.1. The van der Waals surface area contributed by atoms with Crippen LogP contribution >= 0.6 is 0 Å². The van der Waals surface area contributed by atoms with E-state index in [9.17, 15) is 4.79 Å². The second-order valence-electron chi connectivity index (χ2n) is 4.31. The minimum Gasteiger partial charge on any atom is -0.481 e. The van der Waals surface area contributed by atoms with Crippen molar-refractivity contribution in [3.05, 3.63) is 17.5 Å². The molecule has 1 aromatic rings. The van der Waals surface area contributed by atoms with Crippen molar-refractivity contribution >= 4 is 5.97 Å². The molecule has 1 heterocycles. The third kappa shape index (κ3) is 3.36. The van der Waals surface area contributed by atoms with Crippen LogP contribution in [-0.4, -0.2) is 20.9 Å². The summed E-state index contributed by atoms with van der Waals surface area (Å²) in [6.07, 6.45) is 2.75. The molecule has 0 aliphatic heterocycles. The van der Waals surface area contributed by atoms with Crippen molar-refractivity contribution in [2.75, 3.05) is 0 Å². The number of carboxylic acid groups (broad SMARTS) is 1. The van der Waals surface area contributed by atoms with Crippen LogP contribution in [0.5, 0.6) is 0 Å². The van der Waals surface area contributed by atoms with Gasteiger partial charge in [-0.1, -0.05) is 13.3 Å². The van der Waals surface area contributed by atoms with E-state index in [1.165, 1.54) is 5.69 Å². The maximum atomic E-state index is 10.5. The molecule has 1 N–H and O–H groups in total. The second kappa shape index (κ2) is 5.68. The van der Waals surface area contributed by atoms with Crippen LogP contribution in [0.3, 0.4) is 0 Å². The van der Waals surface area contributed by atoms with Gasteiger partial charge in [-0.25, -0.2) is 0 Å². The van der Waals surface area contributed by atoms with Gasteiger partial charge in [-0.05, 0) is 26.3 Å². The fourth-order valence-electron chi connectivity index (χ4n) is 1.74. The molecule has 4 heteroatoms. The lowest BCUT2D eigenvalue weighted by atomic mass is 10.2. The summed E-state index contributed by atoms with van der Waals surface area (Å²) in [5.41, 5.74) is 2.09. The van der Waals surface area contributed by atoms with E-state index in [0.717, 1.165) is 18.5 Å². The van der Waals surface area contributed by atoms with Crippen molar-refractivity contribution in [2.45, 2.75) is 52.5 Å². The monoisotopic (exact) mass is 224 g/mol. The van der Waals surface area contributed by atoms with Crippen molar-refractivity contribution in [1.82, 2.24) is 9.78 Å². The highest BCUT2D eigenvalue weighted by Gasteiger charge is 2.10. The van der Waals surface area contributed by atoms with Gasteiger partial charge in [0.25, 0.3) is 0 Å². The van der Waals surface area contributed by atoms with Crippen LogP contribution in [0.4, 0.5) is 0 Å². The van der Waals surface area contributed by atoms with Gasteiger partial charge >= 0.3 is 5.97 Å². The molecular weight excluding hydrogens is 204 g/mol.